The van der Waals surface area contributed by atoms with E-state index < -0.39 is 0 Å². The van der Waals surface area contributed by atoms with Crippen LogP contribution in [0.2, 0.25) is 0 Å². The van der Waals surface area contributed by atoms with Gasteiger partial charge < -0.3 is 14.2 Å². The lowest BCUT2D eigenvalue weighted by Gasteiger charge is -2.20. The third-order valence-electron chi connectivity index (χ3n) is 4.55. The number of rotatable bonds is 2. The molecular formula is C16H21Cl2N3O. The van der Waals surface area contributed by atoms with Gasteiger partial charge in [0.15, 0.2) is 0 Å². The molecule has 4 rings (SSSR count). The van der Waals surface area contributed by atoms with Gasteiger partial charge in [-0.05, 0) is 43.1 Å². The quantitative estimate of drug-likeness (QED) is 0.839. The zero-order chi connectivity index (χ0) is 13.5. The van der Waals surface area contributed by atoms with E-state index >= 15 is 0 Å². The number of furan rings is 1. The zero-order valence-corrected chi connectivity index (χ0v) is 14.1. The summed E-state index contributed by atoms with van der Waals surface area (Å²) in [6.07, 6.45) is 3.61. The van der Waals surface area contributed by atoms with Crippen molar-refractivity contribution in [3.05, 3.63) is 36.7 Å². The Kier molecular flexibility index (Phi) is 5.37. The number of pyridine rings is 1. The predicted octanol–water partition coefficient (Wildman–Crippen LogP) is 3.18. The average molecular weight is 342 g/mol. The van der Waals surface area contributed by atoms with E-state index in [4.69, 9.17) is 4.42 Å². The fourth-order valence-electron chi connectivity index (χ4n) is 3.58. The maximum absolute atomic E-state index is 5.40. The Hall–Kier alpha value is -1.23. The number of halogens is 2. The minimum atomic E-state index is 0. The van der Waals surface area contributed by atoms with Gasteiger partial charge in [-0.15, -0.1) is 24.8 Å². The highest BCUT2D eigenvalue weighted by molar-refractivity contribution is 5.85. The number of nitrogens with zero attached hydrogens (tertiary/aromatic N) is 3. The minimum Gasteiger partial charge on any atom is -0.464 e. The van der Waals surface area contributed by atoms with Crippen LogP contribution in [0, 0.1) is 11.8 Å². The van der Waals surface area contributed by atoms with Crippen LogP contribution in [0.4, 0.5) is 5.82 Å². The summed E-state index contributed by atoms with van der Waals surface area (Å²) in [5.41, 5.74) is 1.04. The molecule has 0 bridgehead atoms. The van der Waals surface area contributed by atoms with Crippen molar-refractivity contribution in [3.63, 3.8) is 0 Å². The van der Waals surface area contributed by atoms with Gasteiger partial charge in [-0.2, -0.15) is 0 Å². The van der Waals surface area contributed by atoms with Gasteiger partial charge in [-0.3, -0.25) is 0 Å². The minimum absolute atomic E-state index is 0. The lowest BCUT2D eigenvalue weighted by Crippen LogP contribution is -2.27. The van der Waals surface area contributed by atoms with Crippen molar-refractivity contribution in [2.75, 3.05) is 38.1 Å². The standard InChI is InChI=1S/C16H19N3O.2ClH/c1-18-8-13-10-19(11-14(13)9-18)16-5-4-12(7-17-16)15-3-2-6-20-15;;/h2-7,13-14H,8-11H2,1H3;2*1H. The lowest BCUT2D eigenvalue weighted by atomic mass is 10.0. The second-order valence-electron chi connectivity index (χ2n) is 6.03. The second-order valence-corrected chi connectivity index (χ2v) is 6.03. The third kappa shape index (κ3) is 3.09. The van der Waals surface area contributed by atoms with E-state index in [0.29, 0.717) is 0 Å². The smallest absolute Gasteiger partial charge is 0.135 e. The zero-order valence-electron chi connectivity index (χ0n) is 12.5. The third-order valence-corrected chi connectivity index (χ3v) is 4.55. The van der Waals surface area contributed by atoms with Gasteiger partial charge in [0.2, 0.25) is 0 Å². The van der Waals surface area contributed by atoms with Crippen LogP contribution in [0.3, 0.4) is 0 Å². The maximum Gasteiger partial charge on any atom is 0.135 e. The summed E-state index contributed by atoms with van der Waals surface area (Å²) in [7, 11) is 2.22. The Labute approximate surface area is 143 Å². The fraction of sp³-hybridized carbons (Fsp3) is 0.438. The molecule has 0 N–H and O–H groups in total. The first kappa shape index (κ1) is 17.1. The normalized spacial score (nSPS) is 23.8. The molecule has 0 saturated carbocycles. The van der Waals surface area contributed by atoms with E-state index in [0.717, 1.165) is 42.1 Å². The Balaban J connectivity index is 0.000000882. The van der Waals surface area contributed by atoms with Gasteiger partial charge in [-0.25, -0.2) is 4.98 Å². The van der Waals surface area contributed by atoms with E-state index in [1.807, 2.05) is 18.3 Å². The van der Waals surface area contributed by atoms with Crippen molar-refractivity contribution < 1.29 is 4.42 Å². The highest BCUT2D eigenvalue weighted by Crippen LogP contribution is 2.33. The molecule has 0 aliphatic carbocycles. The number of hydrogen-bond donors (Lipinski definition) is 0. The van der Waals surface area contributed by atoms with Crippen LogP contribution < -0.4 is 4.90 Å². The number of likely N-dealkylation sites (tertiary alicyclic amines) is 1. The Morgan fingerprint density at radius 3 is 2.32 bits per heavy atom. The van der Waals surface area contributed by atoms with Gasteiger partial charge in [0.25, 0.3) is 0 Å². The monoisotopic (exact) mass is 341 g/mol. The molecule has 2 aliphatic heterocycles. The number of aromatic nitrogens is 1. The van der Waals surface area contributed by atoms with Gasteiger partial charge in [0.05, 0.1) is 6.26 Å². The van der Waals surface area contributed by atoms with E-state index in [9.17, 15) is 0 Å². The molecular weight excluding hydrogens is 321 g/mol. The summed E-state index contributed by atoms with van der Waals surface area (Å²) in [5.74, 6) is 3.60. The Morgan fingerprint density at radius 2 is 1.77 bits per heavy atom. The molecule has 0 amide bonds. The van der Waals surface area contributed by atoms with Crippen LogP contribution in [0.25, 0.3) is 11.3 Å². The molecule has 2 aromatic rings. The lowest BCUT2D eigenvalue weighted by molar-refractivity contribution is 0.387. The van der Waals surface area contributed by atoms with Crippen molar-refractivity contribution >= 4 is 30.6 Å². The summed E-state index contributed by atoms with van der Waals surface area (Å²) >= 11 is 0. The Bertz CT molecular complexity index is 574. The molecule has 22 heavy (non-hydrogen) atoms. The summed E-state index contributed by atoms with van der Waals surface area (Å²) in [4.78, 5) is 9.48. The molecule has 2 aliphatic rings. The summed E-state index contributed by atoms with van der Waals surface area (Å²) < 4.78 is 5.40. The van der Waals surface area contributed by atoms with Crippen molar-refractivity contribution in [3.8, 4) is 11.3 Å². The first-order valence-corrected chi connectivity index (χ1v) is 7.23. The fourth-order valence-corrected chi connectivity index (χ4v) is 3.58. The van der Waals surface area contributed by atoms with Crippen LogP contribution in [0.15, 0.2) is 41.1 Å². The van der Waals surface area contributed by atoms with Crippen LogP contribution in [0.5, 0.6) is 0 Å². The molecule has 120 valence electrons. The first-order chi connectivity index (χ1) is 9.79. The SMILES string of the molecule is CN1CC2CN(c3ccc(-c4ccco4)cn3)CC2C1.Cl.Cl. The van der Waals surface area contributed by atoms with Crippen LogP contribution >= 0.6 is 24.8 Å². The number of anilines is 1. The van der Waals surface area contributed by atoms with Crippen molar-refractivity contribution in [1.29, 1.82) is 0 Å². The summed E-state index contributed by atoms with van der Waals surface area (Å²) in [5, 5.41) is 0. The average Bonchev–Trinajstić information content (AvgIpc) is 3.13. The second kappa shape index (κ2) is 6.90. The van der Waals surface area contributed by atoms with Crippen LogP contribution in [-0.2, 0) is 0 Å². The molecule has 0 spiro atoms. The molecule has 6 heteroatoms. The molecule has 4 heterocycles. The largest absolute Gasteiger partial charge is 0.464 e. The number of fused-ring (bicyclic) bond motifs is 1. The van der Waals surface area contributed by atoms with Crippen molar-refractivity contribution in [2.24, 2.45) is 11.8 Å². The van der Waals surface area contributed by atoms with Gasteiger partial charge in [-0.1, -0.05) is 0 Å². The van der Waals surface area contributed by atoms with Gasteiger partial charge >= 0.3 is 0 Å². The van der Waals surface area contributed by atoms with Crippen LogP contribution in [0.1, 0.15) is 0 Å². The molecule has 0 aromatic carbocycles. The first-order valence-electron chi connectivity index (χ1n) is 7.23. The highest BCUT2D eigenvalue weighted by Gasteiger charge is 2.38. The van der Waals surface area contributed by atoms with E-state index in [1.54, 1.807) is 6.26 Å². The van der Waals surface area contributed by atoms with E-state index in [-0.39, 0.29) is 24.8 Å². The van der Waals surface area contributed by atoms with E-state index in [2.05, 4.69) is 34.0 Å². The molecule has 4 nitrogen and oxygen atoms in total. The van der Waals surface area contributed by atoms with E-state index in [1.165, 1.54) is 13.1 Å². The molecule has 2 aromatic heterocycles. The predicted molar refractivity (Wildman–Crippen MR) is 93.1 cm³/mol. The van der Waals surface area contributed by atoms with Crippen molar-refractivity contribution in [1.82, 2.24) is 9.88 Å². The number of hydrogen-bond acceptors (Lipinski definition) is 4. The maximum atomic E-state index is 5.40. The summed E-state index contributed by atoms with van der Waals surface area (Å²) in [6.45, 7) is 4.74. The topological polar surface area (TPSA) is 32.5 Å². The van der Waals surface area contributed by atoms with Crippen LogP contribution in [-0.4, -0.2) is 43.1 Å². The Morgan fingerprint density at radius 1 is 1.05 bits per heavy atom. The molecule has 2 saturated heterocycles. The molecule has 0 radical (unpaired) electrons. The van der Waals surface area contributed by atoms with Crippen molar-refractivity contribution in [2.45, 2.75) is 0 Å². The summed E-state index contributed by atoms with van der Waals surface area (Å²) in [6, 6.07) is 8.08. The molecule has 2 fully saturated rings. The highest BCUT2D eigenvalue weighted by atomic mass is 35.5. The van der Waals surface area contributed by atoms with Gasteiger partial charge in [0, 0.05) is 37.9 Å². The molecule has 2 unspecified atom stereocenters. The van der Waals surface area contributed by atoms with Gasteiger partial charge in [0.1, 0.15) is 11.6 Å². The molecule has 2 atom stereocenters.